The van der Waals surface area contributed by atoms with Gasteiger partial charge in [0.05, 0.1) is 0 Å². The molecule has 8 nitrogen and oxygen atoms in total. The number of hydrogen-bond acceptors (Lipinski definition) is 6. The summed E-state index contributed by atoms with van der Waals surface area (Å²) in [6, 6.07) is 6.62. The zero-order chi connectivity index (χ0) is 23.2. The summed E-state index contributed by atoms with van der Waals surface area (Å²) in [5.41, 5.74) is 4.06. The molecule has 1 atom stereocenters. The van der Waals surface area contributed by atoms with Gasteiger partial charge in [0, 0.05) is 17.4 Å². The lowest BCUT2D eigenvalue weighted by Gasteiger charge is -2.33. The highest BCUT2D eigenvalue weighted by molar-refractivity contribution is 6.02. The summed E-state index contributed by atoms with van der Waals surface area (Å²) in [5, 5.41) is 9.42. The van der Waals surface area contributed by atoms with Crippen molar-refractivity contribution in [3.63, 3.8) is 0 Å². The Morgan fingerprint density at radius 3 is 2.61 bits per heavy atom. The van der Waals surface area contributed by atoms with Crippen molar-refractivity contribution in [1.29, 1.82) is 0 Å². The highest BCUT2D eigenvalue weighted by Crippen LogP contribution is 2.44. The van der Waals surface area contributed by atoms with Gasteiger partial charge < -0.3 is 20.9 Å². The van der Waals surface area contributed by atoms with Crippen LogP contribution in [0.4, 0.5) is 18.9 Å². The molecule has 1 amide bonds. The first-order valence-corrected chi connectivity index (χ1v) is 8.95. The van der Waals surface area contributed by atoms with E-state index in [-0.39, 0.29) is 30.3 Å². The number of aliphatic imine (C=N–C) groups is 1. The Morgan fingerprint density at radius 1 is 1.32 bits per heavy atom. The summed E-state index contributed by atoms with van der Waals surface area (Å²) in [7, 11) is 0. The molecule has 1 aliphatic heterocycles. The third kappa shape index (κ3) is 5.37. The van der Waals surface area contributed by atoms with Crippen LogP contribution in [0.25, 0.3) is 0 Å². The number of aromatic nitrogens is 1. The molecule has 0 saturated carbocycles. The number of hydrogen-bond donors (Lipinski definition) is 3. The second-order valence-corrected chi connectivity index (χ2v) is 6.85. The van der Waals surface area contributed by atoms with Crippen molar-refractivity contribution in [2.75, 3.05) is 18.5 Å². The van der Waals surface area contributed by atoms with Crippen LogP contribution in [0.1, 0.15) is 28.5 Å². The van der Waals surface area contributed by atoms with E-state index in [9.17, 15) is 18.0 Å². The van der Waals surface area contributed by atoms with Gasteiger partial charge >= 0.3 is 0 Å². The fourth-order valence-corrected chi connectivity index (χ4v) is 2.86. The Balaban J connectivity index is 0.00000107. The zero-order valence-electron chi connectivity index (χ0n) is 16.7. The van der Waals surface area contributed by atoms with E-state index in [4.69, 9.17) is 20.4 Å². The van der Waals surface area contributed by atoms with Crippen LogP contribution >= 0.6 is 0 Å². The van der Waals surface area contributed by atoms with E-state index in [2.05, 4.69) is 15.3 Å². The molecule has 1 aliphatic rings. The summed E-state index contributed by atoms with van der Waals surface area (Å²) >= 11 is 0. The minimum Gasteiger partial charge on any atom is -0.483 e. The number of carboxylic acid groups (broad SMARTS) is 1. The van der Waals surface area contributed by atoms with E-state index in [0.29, 0.717) is 0 Å². The molecule has 2 aromatic rings. The molecule has 0 fully saturated rings. The predicted molar refractivity (Wildman–Crippen MR) is 107 cm³/mol. The Hall–Kier alpha value is -3.47. The number of carbonyl (C=O) groups excluding carboxylic acids is 1. The van der Waals surface area contributed by atoms with Crippen molar-refractivity contribution in [2.24, 2.45) is 10.7 Å². The first-order chi connectivity index (χ1) is 14.5. The van der Waals surface area contributed by atoms with E-state index in [0.717, 1.165) is 24.6 Å². The number of amides is 1. The van der Waals surface area contributed by atoms with Gasteiger partial charge in [-0.3, -0.25) is 19.6 Å². The third-order valence-electron chi connectivity index (χ3n) is 4.51. The molecular weight excluding hydrogens is 417 g/mol. The van der Waals surface area contributed by atoms with Crippen molar-refractivity contribution < 1.29 is 32.6 Å². The molecule has 0 bridgehead atoms. The summed E-state index contributed by atoms with van der Waals surface area (Å²) in [6.45, 7) is 1.42. The van der Waals surface area contributed by atoms with Crippen LogP contribution in [-0.2, 0) is 15.1 Å². The van der Waals surface area contributed by atoms with Crippen LogP contribution in [0.3, 0.4) is 0 Å². The number of rotatable bonds is 3. The molecule has 1 aromatic heterocycles. The second-order valence-electron chi connectivity index (χ2n) is 6.85. The minimum atomic E-state index is -3.52. The van der Waals surface area contributed by atoms with Gasteiger partial charge in [-0.2, -0.15) is 0 Å². The van der Waals surface area contributed by atoms with E-state index in [1.54, 1.807) is 6.07 Å². The molecule has 1 aromatic carbocycles. The van der Waals surface area contributed by atoms with Crippen molar-refractivity contribution in [1.82, 2.24) is 4.98 Å². The lowest BCUT2D eigenvalue weighted by atomic mass is 9.85. The fourth-order valence-electron chi connectivity index (χ4n) is 2.86. The van der Waals surface area contributed by atoms with Gasteiger partial charge in [-0.05, 0) is 43.7 Å². The summed E-state index contributed by atoms with van der Waals surface area (Å²) in [5.74, 6) is -5.14. The number of aryl methyl sites for hydroxylation is 1. The second kappa shape index (κ2) is 9.56. The van der Waals surface area contributed by atoms with Gasteiger partial charge in [-0.15, -0.1) is 0 Å². The molecule has 166 valence electrons. The van der Waals surface area contributed by atoms with Crippen LogP contribution in [-0.4, -0.2) is 47.4 Å². The maximum atomic E-state index is 14.7. The van der Waals surface area contributed by atoms with Gasteiger partial charge in [0.15, 0.2) is 5.54 Å². The summed E-state index contributed by atoms with van der Waals surface area (Å²) in [4.78, 5) is 28.5. The average molecular weight is 438 g/mol. The number of pyridine rings is 1. The maximum Gasteiger partial charge on any atom is 0.299 e. The van der Waals surface area contributed by atoms with Gasteiger partial charge in [0.2, 0.25) is 0 Å². The summed E-state index contributed by atoms with van der Waals surface area (Å²) < 4.78 is 48.7. The molecule has 0 spiro atoms. The Kier molecular flexibility index (Phi) is 7.34. The molecule has 11 heteroatoms. The topological polar surface area (TPSA) is 127 Å². The number of anilines is 1. The van der Waals surface area contributed by atoms with E-state index < -0.39 is 35.4 Å². The number of amidine groups is 1. The number of halogens is 3. The van der Waals surface area contributed by atoms with Crippen LogP contribution < -0.4 is 11.1 Å². The number of nitrogens with two attached hydrogens (primary N) is 1. The molecule has 3 rings (SSSR count). The lowest BCUT2D eigenvalue weighted by molar-refractivity contribution is -0.122. The highest BCUT2D eigenvalue weighted by Gasteiger charge is 2.54. The van der Waals surface area contributed by atoms with Crippen LogP contribution in [0.15, 0.2) is 41.5 Å². The molecule has 0 radical (unpaired) electrons. The fraction of sp³-hybridized carbons (Fsp3) is 0.300. The highest BCUT2D eigenvalue weighted by atomic mass is 19.3. The Bertz CT molecular complexity index is 983. The third-order valence-corrected chi connectivity index (χ3v) is 4.51. The van der Waals surface area contributed by atoms with Crippen molar-refractivity contribution >= 4 is 23.9 Å². The molecule has 0 aliphatic carbocycles. The first kappa shape index (κ1) is 23.8. The summed E-state index contributed by atoms with van der Waals surface area (Å²) in [6.07, 6.45) is 1.52. The smallest absolute Gasteiger partial charge is 0.299 e. The van der Waals surface area contributed by atoms with E-state index in [1.165, 1.54) is 18.3 Å². The lowest BCUT2D eigenvalue weighted by Crippen LogP contribution is -2.45. The van der Waals surface area contributed by atoms with Crippen LogP contribution in [0.5, 0.6) is 0 Å². The predicted octanol–water partition coefficient (Wildman–Crippen LogP) is 2.72. The number of alkyl halides is 2. The van der Waals surface area contributed by atoms with E-state index in [1.807, 2.05) is 6.92 Å². The average Bonchev–Trinajstić information content (AvgIpc) is 2.80. The first-order valence-electron chi connectivity index (χ1n) is 8.95. The van der Waals surface area contributed by atoms with Crippen LogP contribution in [0, 0.1) is 12.7 Å². The molecular formula is C20H21F3N4O4. The van der Waals surface area contributed by atoms with Gasteiger partial charge in [-0.25, -0.2) is 13.2 Å². The van der Waals surface area contributed by atoms with Crippen molar-refractivity contribution in [3.05, 3.63) is 59.2 Å². The molecule has 0 saturated heterocycles. The standard InChI is InChI=1S/C19H19F3N4O2.CH2O2/c1-11-3-6-15(24-8-11)17(27)25-12-4-5-14(20)13(7-12)18(2)19(21,22)10-28-9-16(23)26-18;2-1-3/h3-8H,9-10H2,1-2H3,(H2,23,26)(H,25,27);1H,(H,2,3). The van der Waals surface area contributed by atoms with Gasteiger partial charge in [0.1, 0.15) is 30.6 Å². The van der Waals surface area contributed by atoms with Crippen LogP contribution in [0.2, 0.25) is 0 Å². The number of carbonyl (C=O) groups is 2. The Labute approximate surface area is 176 Å². The monoisotopic (exact) mass is 438 g/mol. The Morgan fingerprint density at radius 2 is 2.00 bits per heavy atom. The minimum absolute atomic E-state index is 0.125. The van der Waals surface area contributed by atoms with E-state index >= 15 is 0 Å². The normalized spacial score (nSPS) is 19.8. The number of benzene rings is 1. The number of nitrogens with zero attached hydrogens (tertiary/aromatic N) is 2. The molecule has 31 heavy (non-hydrogen) atoms. The van der Waals surface area contributed by atoms with Gasteiger partial charge in [-0.1, -0.05) is 6.07 Å². The largest absolute Gasteiger partial charge is 0.483 e. The molecule has 4 N–H and O–H groups in total. The number of nitrogens with one attached hydrogen (secondary N) is 1. The van der Waals surface area contributed by atoms with Crippen molar-refractivity contribution in [2.45, 2.75) is 25.3 Å². The zero-order valence-corrected chi connectivity index (χ0v) is 16.7. The van der Waals surface area contributed by atoms with Crippen molar-refractivity contribution in [3.8, 4) is 0 Å². The molecule has 1 unspecified atom stereocenters. The number of ether oxygens (including phenoxy) is 1. The van der Waals surface area contributed by atoms with Gasteiger partial charge in [0.25, 0.3) is 18.3 Å². The maximum absolute atomic E-state index is 14.7. The quantitative estimate of drug-likeness (QED) is 0.633. The molecule has 2 heterocycles. The SMILES string of the molecule is Cc1ccc(C(=O)Nc2ccc(F)c(C3(C)N=C(N)COCC3(F)F)c2)nc1.O=CO.